The number of hydrogen-bond donors (Lipinski definition) is 0. The molecule has 0 fully saturated rings. The number of ether oxygens (including phenoxy) is 2. The van der Waals surface area contributed by atoms with Crippen molar-refractivity contribution in [1.82, 2.24) is 0 Å². The fraction of sp³-hybridized carbons (Fsp3) is 0.500. The number of esters is 1. The number of benzene rings is 1. The molecule has 0 atom stereocenters. The Morgan fingerprint density at radius 2 is 2.32 bits per heavy atom. The van der Waals surface area contributed by atoms with Crippen molar-refractivity contribution in [3.63, 3.8) is 0 Å². The van der Waals surface area contributed by atoms with Gasteiger partial charge in [0.2, 0.25) is 0 Å². The third-order valence-electron chi connectivity index (χ3n) is 3.17. The number of methoxy groups -OCH3 is 1. The van der Waals surface area contributed by atoms with Gasteiger partial charge in [0.25, 0.3) is 0 Å². The molecule has 0 amide bonds. The lowest BCUT2D eigenvalue weighted by atomic mass is 10.1. The first kappa shape index (κ1) is 14.4. The summed E-state index contributed by atoms with van der Waals surface area (Å²) >= 11 is 2.21. The van der Waals surface area contributed by atoms with E-state index in [1.54, 1.807) is 0 Å². The first-order chi connectivity index (χ1) is 9.17. The van der Waals surface area contributed by atoms with Crippen LogP contribution in [0.5, 0.6) is 5.75 Å². The molecule has 0 saturated carbocycles. The molecule has 0 N–H and O–H groups in total. The quantitative estimate of drug-likeness (QED) is 0.599. The summed E-state index contributed by atoms with van der Waals surface area (Å²) in [4.78, 5) is 14.0. The highest BCUT2D eigenvalue weighted by Gasteiger charge is 2.22. The number of hydrogen-bond acceptors (Lipinski definition) is 4. The van der Waals surface area contributed by atoms with Gasteiger partial charge in [-0.1, -0.05) is 13.3 Å². The number of nitrogens with zero attached hydrogens (tertiary/aromatic N) is 1. The normalized spacial score (nSPS) is 13.7. The highest BCUT2D eigenvalue weighted by Crippen LogP contribution is 2.37. The number of unbranched alkanes of at least 4 members (excludes halogenated alkanes) is 1. The summed E-state index contributed by atoms with van der Waals surface area (Å²) in [5.41, 5.74) is 1.59. The Kier molecular flexibility index (Phi) is 4.90. The third-order valence-corrected chi connectivity index (χ3v) is 3.98. The molecule has 4 nitrogen and oxygen atoms in total. The Hall–Kier alpha value is -0.980. The lowest BCUT2D eigenvalue weighted by molar-refractivity contribution is 0.0600. The van der Waals surface area contributed by atoms with E-state index in [2.05, 4.69) is 34.4 Å². The van der Waals surface area contributed by atoms with Crippen molar-refractivity contribution < 1.29 is 14.3 Å². The largest absolute Gasteiger partial charge is 0.488 e. The Balaban J connectivity index is 2.36. The lowest BCUT2D eigenvalue weighted by Crippen LogP contribution is -2.34. The maximum absolute atomic E-state index is 11.7. The molecular formula is C14H18INO3. The fourth-order valence-electron chi connectivity index (χ4n) is 2.15. The average Bonchev–Trinajstić information content (AvgIpc) is 2.44. The van der Waals surface area contributed by atoms with Crippen LogP contribution >= 0.6 is 22.6 Å². The zero-order chi connectivity index (χ0) is 13.8. The molecule has 19 heavy (non-hydrogen) atoms. The van der Waals surface area contributed by atoms with Gasteiger partial charge in [-0.05, 0) is 41.1 Å². The third kappa shape index (κ3) is 3.13. The van der Waals surface area contributed by atoms with Crippen LogP contribution in [0, 0.1) is 3.57 Å². The van der Waals surface area contributed by atoms with Gasteiger partial charge in [-0.15, -0.1) is 0 Å². The predicted octanol–water partition coefficient (Wildman–Crippen LogP) is 3.08. The van der Waals surface area contributed by atoms with Crippen molar-refractivity contribution in [3.8, 4) is 5.75 Å². The first-order valence-electron chi connectivity index (χ1n) is 6.47. The van der Waals surface area contributed by atoms with E-state index in [4.69, 9.17) is 9.47 Å². The van der Waals surface area contributed by atoms with Gasteiger partial charge >= 0.3 is 5.97 Å². The summed E-state index contributed by atoms with van der Waals surface area (Å²) in [5, 5.41) is 0. The molecule has 1 aromatic carbocycles. The molecule has 104 valence electrons. The van der Waals surface area contributed by atoms with Crippen molar-refractivity contribution in [2.75, 3.05) is 31.7 Å². The van der Waals surface area contributed by atoms with Crippen LogP contribution in [0.3, 0.4) is 0 Å². The highest BCUT2D eigenvalue weighted by molar-refractivity contribution is 14.1. The number of anilines is 1. The number of carbonyl (C=O) groups is 1. The van der Waals surface area contributed by atoms with Gasteiger partial charge in [-0.25, -0.2) is 4.79 Å². The van der Waals surface area contributed by atoms with Crippen LogP contribution in [0.1, 0.15) is 30.1 Å². The van der Waals surface area contributed by atoms with Gasteiger partial charge in [0.05, 0.1) is 28.5 Å². The molecule has 0 saturated heterocycles. The Morgan fingerprint density at radius 3 is 3.00 bits per heavy atom. The van der Waals surface area contributed by atoms with Crippen LogP contribution in [0.2, 0.25) is 0 Å². The smallest absolute Gasteiger partial charge is 0.337 e. The number of fused-ring (bicyclic) bond motifs is 1. The topological polar surface area (TPSA) is 38.8 Å². The molecule has 0 unspecified atom stereocenters. The molecule has 0 radical (unpaired) electrons. The van der Waals surface area contributed by atoms with Crippen LogP contribution in [0.15, 0.2) is 12.1 Å². The maximum atomic E-state index is 11.7. The second-order valence-corrected chi connectivity index (χ2v) is 5.65. The SMILES string of the molecule is CCCCN1CCOc2c(I)cc(C(=O)OC)cc21. The van der Waals surface area contributed by atoms with E-state index in [9.17, 15) is 4.79 Å². The molecule has 1 heterocycles. The number of carbonyl (C=O) groups excluding carboxylic acids is 1. The van der Waals surface area contributed by atoms with Gasteiger partial charge < -0.3 is 14.4 Å². The zero-order valence-corrected chi connectivity index (χ0v) is 13.4. The van der Waals surface area contributed by atoms with Crippen molar-refractivity contribution >= 4 is 34.2 Å². The fourth-order valence-corrected chi connectivity index (χ4v) is 2.92. The van der Waals surface area contributed by atoms with Crippen LogP contribution in [-0.4, -0.2) is 32.8 Å². The second-order valence-electron chi connectivity index (χ2n) is 4.49. The van der Waals surface area contributed by atoms with Crippen molar-refractivity contribution in [2.45, 2.75) is 19.8 Å². The molecule has 0 bridgehead atoms. The maximum Gasteiger partial charge on any atom is 0.337 e. The zero-order valence-electron chi connectivity index (χ0n) is 11.2. The molecule has 0 aliphatic carbocycles. The summed E-state index contributed by atoms with van der Waals surface area (Å²) in [5.74, 6) is 0.581. The van der Waals surface area contributed by atoms with Crippen molar-refractivity contribution in [3.05, 3.63) is 21.3 Å². The van der Waals surface area contributed by atoms with Gasteiger partial charge in [0, 0.05) is 6.54 Å². The Labute approximate surface area is 127 Å². The molecule has 0 spiro atoms. The van der Waals surface area contributed by atoms with Gasteiger partial charge in [0.1, 0.15) is 6.61 Å². The van der Waals surface area contributed by atoms with E-state index in [0.717, 1.165) is 40.9 Å². The summed E-state index contributed by atoms with van der Waals surface area (Å²) < 4.78 is 11.5. The molecule has 1 aromatic rings. The van der Waals surface area contributed by atoms with Gasteiger partial charge in [-0.3, -0.25) is 0 Å². The van der Waals surface area contributed by atoms with Gasteiger partial charge in [-0.2, -0.15) is 0 Å². The van der Waals surface area contributed by atoms with Crippen LogP contribution in [0.4, 0.5) is 5.69 Å². The summed E-state index contributed by atoms with van der Waals surface area (Å²) in [6.07, 6.45) is 2.29. The summed E-state index contributed by atoms with van der Waals surface area (Å²) in [6.45, 7) is 4.74. The van der Waals surface area contributed by atoms with Crippen LogP contribution < -0.4 is 9.64 Å². The number of rotatable bonds is 4. The minimum Gasteiger partial charge on any atom is -0.488 e. The minimum atomic E-state index is -0.304. The van der Waals surface area contributed by atoms with Crippen molar-refractivity contribution in [1.29, 1.82) is 0 Å². The average molecular weight is 375 g/mol. The van der Waals surface area contributed by atoms with E-state index >= 15 is 0 Å². The molecule has 0 aromatic heterocycles. The molecular weight excluding hydrogens is 357 g/mol. The highest BCUT2D eigenvalue weighted by atomic mass is 127. The Bertz CT molecular complexity index is 476. The van der Waals surface area contributed by atoms with Crippen LogP contribution in [-0.2, 0) is 4.74 Å². The Morgan fingerprint density at radius 1 is 1.53 bits per heavy atom. The van der Waals surface area contributed by atoms with Crippen molar-refractivity contribution in [2.24, 2.45) is 0 Å². The molecule has 1 aliphatic rings. The summed E-state index contributed by atoms with van der Waals surface area (Å²) in [7, 11) is 1.40. The predicted molar refractivity (Wildman–Crippen MR) is 83.1 cm³/mol. The van der Waals surface area contributed by atoms with E-state index in [1.807, 2.05) is 12.1 Å². The van der Waals surface area contributed by atoms with E-state index < -0.39 is 0 Å². The second kappa shape index (κ2) is 6.45. The standard InChI is InChI=1S/C14H18INO3/c1-3-4-5-16-6-7-19-13-11(15)8-10(9-12(13)16)14(17)18-2/h8-9H,3-7H2,1-2H3. The van der Waals surface area contributed by atoms with Crippen LogP contribution in [0.25, 0.3) is 0 Å². The minimum absolute atomic E-state index is 0.304. The molecule has 1 aliphatic heterocycles. The summed E-state index contributed by atoms with van der Waals surface area (Å²) in [6, 6.07) is 3.69. The van der Waals surface area contributed by atoms with E-state index in [0.29, 0.717) is 12.2 Å². The van der Waals surface area contributed by atoms with Gasteiger partial charge in [0.15, 0.2) is 5.75 Å². The molecule has 2 rings (SSSR count). The lowest BCUT2D eigenvalue weighted by Gasteiger charge is -2.32. The number of halogens is 1. The molecule has 5 heteroatoms. The first-order valence-corrected chi connectivity index (χ1v) is 7.54. The van der Waals surface area contributed by atoms with E-state index in [1.165, 1.54) is 7.11 Å². The van der Waals surface area contributed by atoms with E-state index in [-0.39, 0.29) is 5.97 Å². The monoisotopic (exact) mass is 375 g/mol.